The van der Waals surface area contributed by atoms with E-state index >= 15 is 0 Å². The minimum Gasteiger partial charge on any atom is -0.477 e. The Morgan fingerprint density at radius 2 is 1.05 bits per heavy atom. The van der Waals surface area contributed by atoms with E-state index in [1.165, 1.54) is 0 Å². The zero-order chi connectivity index (χ0) is 15.6. The third kappa shape index (κ3) is 3.73. The minimum absolute atomic E-state index is 1.90. The molecule has 120 valence electrons. The molecular formula is C8H11F5O7. The summed E-state index contributed by atoms with van der Waals surface area (Å²) in [7, 11) is 0. The fourth-order valence-electron chi connectivity index (χ4n) is 1.25. The van der Waals surface area contributed by atoms with E-state index in [9.17, 15) is 26.7 Å². The number of halogens is 5. The molecule has 0 aliphatic heterocycles. The van der Waals surface area contributed by atoms with Gasteiger partial charge in [0.15, 0.2) is 34.3 Å². The van der Waals surface area contributed by atoms with Crippen molar-refractivity contribution in [3.63, 3.8) is 0 Å². The van der Waals surface area contributed by atoms with Crippen LogP contribution in [-0.4, -0.2) is 57.1 Å². The van der Waals surface area contributed by atoms with Gasteiger partial charge >= 0.3 is 17.7 Å². The third-order valence-electron chi connectivity index (χ3n) is 1.93. The molecule has 0 spiro atoms. The fraction of sp³-hybridized carbons (Fsp3) is 0.875. The van der Waals surface area contributed by atoms with Gasteiger partial charge in [0.25, 0.3) is 0 Å². The van der Waals surface area contributed by atoms with E-state index in [0.717, 1.165) is 0 Å². The second kappa shape index (κ2) is 8.97. The zero-order valence-electron chi connectivity index (χ0n) is 9.82. The molecule has 0 aromatic rings. The Hall–Kier alpha value is -1.08. The fourth-order valence-corrected chi connectivity index (χ4v) is 1.25. The maximum absolute atomic E-state index is 12.3. The highest BCUT2D eigenvalue weighted by atomic mass is 19.2. The third-order valence-corrected chi connectivity index (χ3v) is 1.93. The van der Waals surface area contributed by atoms with E-state index in [1.54, 1.807) is 0 Å². The highest BCUT2D eigenvalue weighted by Gasteiger charge is 2.66. The van der Waals surface area contributed by atoms with Gasteiger partial charge in [-0.3, -0.25) is 14.2 Å². The Morgan fingerprint density at radius 1 is 0.750 bits per heavy atom. The number of aliphatic carboxylic acids is 1. The molecule has 0 fully saturated rings. The molecule has 0 radical (unpaired) electrons. The van der Waals surface area contributed by atoms with Gasteiger partial charge in [-0.2, -0.15) is 0 Å². The summed E-state index contributed by atoms with van der Waals surface area (Å²) in [6.07, 6.45) is 0. The number of hydrogen-bond donors (Lipinski definition) is 1. The molecule has 0 rings (SSSR count). The van der Waals surface area contributed by atoms with Crippen molar-refractivity contribution in [1.29, 1.82) is 0 Å². The molecule has 0 unspecified atom stereocenters. The molecule has 0 aliphatic carbocycles. The molecule has 0 atom stereocenters. The first kappa shape index (κ1) is 18.9. The van der Waals surface area contributed by atoms with Crippen LogP contribution in [0.1, 0.15) is 0 Å². The molecule has 0 saturated carbocycles. The summed E-state index contributed by atoms with van der Waals surface area (Å²) in [5, 5.41) is 8.91. The maximum Gasteiger partial charge on any atom is 0.373 e. The zero-order valence-corrected chi connectivity index (χ0v) is 9.82. The summed E-state index contributed by atoms with van der Waals surface area (Å²) in [5.41, 5.74) is 0. The van der Waals surface area contributed by atoms with E-state index < -0.39 is 52.0 Å². The van der Waals surface area contributed by atoms with E-state index in [2.05, 4.69) is 23.7 Å². The number of carboxylic acids is 1. The van der Waals surface area contributed by atoms with Crippen molar-refractivity contribution in [3.8, 4) is 0 Å². The van der Waals surface area contributed by atoms with Crippen LogP contribution < -0.4 is 0 Å². The lowest BCUT2D eigenvalue weighted by molar-refractivity contribution is -0.503. The predicted octanol–water partition coefficient (Wildman–Crippen LogP) is 1.14. The molecule has 0 aromatic carbocycles. The van der Waals surface area contributed by atoms with E-state index in [-0.39, 0.29) is 0 Å². The van der Waals surface area contributed by atoms with Gasteiger partial charge < -0.3 is 14.6 Å². The van der Waals surface area contributed by atoms with Crippen LogP contribution in [0.3, 0.4) is 0 Å². The summed E-state index contributed by atoms with van der Waals surface area (Å²) >= 11 is 0. The number of hydrogen-bond acceptors (Lipinski definition) is 6. The van der Waals surface area contributed by atoms with Crippen LogP contribution in [0.25, 0.3) is 0 Å². The van der Waals surface area contributed by atoms with Gasteiger partial charge in [0.2, 0.25) is 0 Å². The van der Waals surface area contributed by atoms with Crippen molar-refractivity contribution in [3.05, 3.63) is 0 Å². The lowest BCUT2D eigenvalue weighted by atomic mass is 10.2. The van der Waals surface area contributed by atoms with Crippen LogP contribution in [0, 0.1) is 0 Å². The highest BCUT2D eigenvalue weighted by Crippen LogP contribution is 2.35. The van der Waals surface area contributed by atoms with Gasteiger partial charge in [0.05, 0.1) is 0 Å². The normalized spacial score (nSPS) is 12.7. The molecule has 0 heterocycles. The monoisotopic (exact) mass is 314 g/mol. The van der Waals surface area contributed by atoms with E-state index in [0.29, 0.717) is 0 Å². The average molecular weight is 314 g/mol. The van der Waals surface area contributed by atoms with Crippen LogP contribution in [0.5, 0.6) is 0 Å². The second-order valence-corrected chi connectivity index (χ2v) is 2.75. The van der Waals surface area contributed by atoms with Crippen LogP contribution in [0.2, 0.25) is 0 Å². The van der Waals surface area contributed by atoms with Crippen LogP contribution >= 0.6 is 0 Å². The first-order valence-electron chi connectivity index (χ1n) is 4.73. The average Bonchev–Trinajstić information content (AvgIpc) is 2.38. The molecular weight excluding hydrogens is 303 g/mol. The molecule has 20 heavy (non-hydrogen) atoms. The Balaban J connectivity index is 5.83. The molecule has 0 saturated heterocycles. The number of ether oxygens (including phenoxy) is 5. The van der Waals surface area contributed by atoms with Crippen molar-refractivity contribution in [2.24, 2.45) is 0 Å². The standard InChI is InChI=1S/C8H11F5O7/c9-1-16-7(6(14)15,17-2-10)8(18-3-11,19-4-12)20-5-13/h1-5H2,(H,14,15). The maximum atomic E-state index is 12.3. The second-order valence-electron chi connectivity index (χ2n) is 2.75. The quantitative estimate of drug-likeness (QED) is 0.427. The first-order valence-corrected chi connectivity index (χ1v) is 4.73. The minimum atomic E-state index is -3.65. The van der Waals surface area contributed by atoms with Gasteiger partial charge in [0, 0.05) is 0 Å². The van der Waals surface area contributed by atoms with Gasteiger partial charge in [0.1, 0.15) is 0 Å². The topological polar surface area (TPSA) is 83.5 Å². The molecule has 0 aromatic heterocycles. The van der Waals surface area contributed by atoms with Crippen LogP contribution in [0.4, 0.5) is 22.0 Å². The van der Waals surface area contributed by atoms with Gasteiger partial charge in [-0.1, -0.05) is 0 Å². The Bertz CT molecular complexity index is 269. The number of carboxylic acid groups (broad SMARTS) is 1. The summed E-state index contributed by atoms with van der Waals surface area (Å²) in [4.78, 5) is 11.1. The van der Waals surface area contributed by atoms with Crippen molar-refractivity contribution < 1.29 is 55.5 Å². The largest absolute Gasteiger partial charge is 0.477 e. The summed E-state index contributed by atoms with van der Waals surface area (Å²) in [5.74, 6) is -9.56. The molecule has 12 heteroatoms. The van der Waals surface area contributed by atoms with Crippen molar-refractivity contribution in [2.75, 3.05) is 34.3 Å². The Labute approximate surface area is 109 Å². The number of alkyl halides is 5. The van der Waals surface area contributed by atoms with E-state index in [1.807, 2.05) is 0 Å². The van der Waals surface area contributed by atoms with Crippen LogP contribution in [0.15, 0.2) is 0 Å². The van der Waals surface area contributed by atoms with Crippen molar-refractivity contribution in [2.45, 2.75) is 11.8 Å². The van der Waals surface area contributed by atoms with Gasteiger partial charge in [-0.05, 0) is 0 Å². The molecule has 0 bridgehead atoms. The van der Waals surface area contributed by atoms with Crippen LogP contribution in [-0.2, 0) is 28.5 Å². The number of rotatable bonds is 12. The lowest BCUT2D eigenvalue weighted by Gasteiger charge is -2.41. The Kier molecular flexibility index (Phi) is 8.48. The predicted molar refractivity (Wildman–Crippen MR) is 48.4 cm³/mol. The van der Waals surface area contributed by atoms with Crippen molar-refractivity contribution in [1.82, 2.24) is 0 Å². The SMILES string of the molecule is O=C(O)C(OCF)(OCF)C(OCF)(OCF)OCF. The summed E-state index contributed by atoms with van der Waals surface area (Å²) < 4.78 is 81.3. The lowest BCUT2D eigenvalue weighted by Crippen LogP contribution is -2.66. The molecule has 0 aliphatic rings. The van der Waals surface area contributed by atoms with Gasteiger partial charge in [-0.15, -0.1) is 0 Å². The molecule has 7 nitrogen and oxygen atoms in total. The smallest absolute Gasteiger partial charge is 0.373 e. The summed E-state index contributed by atoms with van der Waals surface area (Å²) in [6.45, 7) is -9.58. The molecule has 0 amide bonds. The number of carbonyl (C=O) groups is 1. The molecule has 1 N–H and O–H groups in total. The highest BCUT2D eigenvalue weighted by molar-refractivity contribution is 5.77. The van der Waals surface area contributed by atoms with Gasteiger partial charge in [-0.25, -0.2) is 26.7 Å². The first-order chi connectivity index (χ1) is 9.50. The summed E-state index contributed by atoms with van der Waals surface area (Å²) in [6, 6.07) is 0. The Morgan fingerprint density at radius 3 is 1.25 bits per heavy atom. The van der Waals surface area contributed by atoms with E-state index in [4.69, 9.17) is 5.11 Å². The van der Waals surface area contributed by atoms with Crippen molar-refractivity contribution >= 4 is 5.97 Å².